The van der Waals surface area contributed by atoms with E-state index in [1.807, 2.05) is 25.1 Å². The third-order valence-corrected chi connectivity index (χ3v) is 5.15. The second kappa shape index (κ2) is 3.99. The Hall–Kier alpha value is -1.02. The van der Waals surface area contributed by atoms with E-state index >= 15 is 0 Å². The molecule has 0 saturated heterocycles. The van der Waals surface area contributed by atoms with Gasteiger partial charge in [0.25, 0.3) is 0 Å². The summed E-state index contributed by atoms with van der Waals surface area (Å²) in [7, 11) is 1.66. The summed E-state index contributed by atoms with van der Waals surface area (Å²) < 4.78 is 5.38. The summed E-state index contributed by atoms with van der Waals surface area (Å²) in [5.74, 6) is 1.06. The van der Waals surface area contributed by atoms with Crippen LogP contribution >= 0.6 is 0 Å². The van der Waals surface area contributed by atoms with Gasteiger partial charge in [-0.15, -0.1) is 0 Å². The maximum atomic E-state index is 10.7. The molecule has 2 nitrogen and oxygen atoms in total. The van der Waals surface area contributed by atoms with E-state index in [1.54, 1.807) is 7.11 Å². The van der Waals surface area contributed by atoms with Crippen LogP contribution in [-0.4, -0.2) is 12.2 Å². The highest BCUT2D eigenvalue weighted by molar-refractivity contribution is 5.40. The number of ether oxygens (including phenoxy) is 1. The zero-order valence-corrected chi connectivity index (χ0v) is 12.2. The minimum absolute atomic E-state index is 0.168. The van der Waals surface area contributed by atoms with Crippen LogP contribution in [0, 0.1) is 23.7 Å². The number of hydrogen-bond donors (Lipinski definition) is 1. The summed E-state index contributed by atoms with van der Waals surface area (Å²) in [6.07, 6.45) is -0.454. The number of aliphatic hydroxyl groups excluding tert-OH is 1. The highest BCUT2D eigenvalue weighted by Crippen LogP contribution is 2.72. The standard InChI is InChI=1S/C16H24O2/c1-10-7-8-12(18-6)11(9-10)13(17)14-15(2,3)16(14,4)5/h7-9,13-14,17H,1-6H3. The number of benzene rings is 1. The molecule has 1 aliphatic rings. The van der Waals surface area contributed by atoms with Crippen molar-refractivity contribution in [2.24, 2.45) is 16.7 Å². The first kappa shape index (κ1) is 13.4. The van der Waals surface area contributed by atoms with E-state index in [0.29, 0.717) is 0 Å². The van der Waals surface area contributed by atoms with Crippen LogP contribution in [0.2, 0.25) is 0 Å². The normalized spacial score (nSPS) is 22.6. The summed E-state index contributed by atoms with van der Waals surface area (Å²) in [5, 5.41) is 10.7. The van der Waals surface area contributed by atoms with Gasteiger partial charge in [-0.3, -0.25) is 0 Å². The zero-order valence-electron chi connectivity index (χ0n) is 12.2. The molecule has 18 heavy (non-hydrogen) atoms. The van der Waals surface area contributed by atoms with Crippen LogP contribution in [0.5, 0.6) is 5.75 Å². The molecule has 0 aromatic heterocycles. The van der Waals surface area contributed by atoms with Crippen molar-refractivity contribution in [3.05, 3.63) is 29.3 Å². The fourth-order valence-corrected chi connectivity index (χ4v) is 3.30. The molecular weight excluding hydrogens is 224 g/mol. The predicted molar refractivity (Wildman–Crippen MR) is 73.7 cm³/mol. The third-order valence-electron chi connectivity index (χ3n) is 5.15. The molecule has 0 heterocycles. The Morgan fingerprint density at radius 3 is 2.17 bits per heavy atom. The van der Waals surface area contributed by atoms with Gasteiger partial charge in [0.05, 0.1) is 13.2 Å². The van der Waals surface area contributed by atoms with E-state index in [2.05, 4.69) is 27.7 Å². The molecule has 1 fully saturated rings. The lowest BCUT2D eigenvalue weighted by atomic mass is 9.97. The summed E-state index contributed by atoms with van der Waals surface area (Å²) >= 11 is 0. The maximum Gasteiger partial charge on any atom is 0.124 e. The van der Waals surface area contributed by atoms with Crippen molar-refractivity contribution in [3.8, 4) is 5.75 Å². The Balaban J connectivity index is 2.36. The molecule has 0 amide bonds. The topological polar surface area (TPSA) is 29.5 Å². The van der Waals surface area contributed by atoms with Crippen molar-refractivity contribution in [1.82, 2.24) is 0 Å². The van der Waals surface area contributed by atoms with Crippen molar-refractivity contribution in [3.63, 3.8) is 0 Å². The fourth-order valence-electron chi connectivity index (χ4n) is 3.30. The lowest BCUT2D eigenvalue weighted by molar-refractivity contribution is 0.127. The number of aliphatic hydroxyl groups is 1. The van der Waals surface area contributed by atoms with Gasteiger partial charge in [-0.1, -0.05) is 39.3 Å². The lowest BCUT2D eigenvalue weighted by Crippen LogP contribution is -2.07. The van der Waals surface area contributed by atoms with E-state index in [4.69, 9.17) is 4.74 Å². The molecule has 1 aromatic carbocycles. The van der Waals surface area contributed by atoms with Gasteiger partial charge < -0.3 is 9.84 Å². The molecule has 0 spiro atoms. The largest absolute Gasteiger partial charge is 0.496 e. The van der Waals surface area contributed by atoms with Crippen molar-refractivity contribution >= 4 is 0 Å². The Morgan fingerprint density at radius 2 is 1.72 bits per heavy atom. The first-order chi connectivity index (χ1) is 8.23. The molecule has 1 aliphatic carbocycles. The van der Waals surface area contributed by atoms with Crippen LogP contribution in [0.25, 0.3) is 0 Å². The minimum atomic E-state index is -0.454. The molecule has 2 heteroatoms. The summed E-state index contributed by atoms with van der Waals surface area (Å²) in [6.45, 7) is 10.9. The van der Waals surface area contributed by atoms with Crippen molar-refractivity contribution in [1.29, 1.82) is 0 Å². The minimum Gasteiger partial charge on any atom is -0.496 e. The Kier molecular flexibility index (Phi) is 2.97. The van der Waals surface area contributed by atoms with Gasteiger partial charge in [0.1, 0.15) is 5.75 Å². The first-order valence-corrected chi connectivity index (χ1v) is 6.56. The van der Waals surface area contributed by atoms with E-state index in [0.717, 1.165) is 16.9 Å². The molecule has 1 N–H and O–H groups in total. The van der Waals surface area contributed by atoms with Gasteiger partial charge in [0.2, 0.25) is 0 Å². The number of hydrogen-bond acceptors (Lipinski definition) is 2. The molecular formula is C16H24O2. The highest BCUT2D eigenvalue weighted by Gasteiger charge is 2.67. The molecule has 0 bridgehead atoms. The molecule has 1 atom stereocenters. The Bertz CT molecular complexity index is 446. The zero-order chi connectivity index (χ0) is 13.7. The Morgan fingerprint density at radius 1 is 1.17 bits per heavy atom. The molecule has 1 aromatic rings. The molecule has 100 valence electrons. The quantitative estimate of drug-likeness (QED) is 0.883. The monoisotopic (exact) mass is 248 g/mol. The van der Waals surface area contributed by atoms with Crippen molar-refractivity contribution < 1.29 is 9.84 Å². The van der Waals surface area contributed by atoms with E-state index in [1.165, 1.54) is 0 Å². The first-order valence-electron chi connectivity index (χ1n) is 6.56. The van der Waals surface area contributed by atoms with Crippen LogP contribution in [0.4, 0.5) is 0 Å². The smallest absolute Gasteiger partial charge is 0.124 e. The fraction of sp³-hybridized carbons (Fsp3) is 0.625. The average Bonchev–Trinajstić information content (AvgIpc) is 2.68. The van der Waals surface area contributed by atoms with Gasteiger partial charge in [-0.25, -0.2) is 0 Å². The van der Waals surface area contributed by atoms with E-state index in [9.17, 15) is 5.11 Å². The van der Waals surface area contributed by atoms with Gasteiger partial charge >= 0.3 is 0 Å². The summed E-state index contributed by atoms with van der Waals surface area (Å²) in [4.78, 5) is 0. The third kappa shape index (κ3) is 1.74. The predicted octanol–water partition coefficient (Wildman–Crippen LogP) is 3.72. The summed E-state index contributed by atoms with van der Waals surface area (Å²) in [6, 6.07) is 5.99. The Labute approximate surface area is 110 Å². The second-order valence-corrected chi connectivity index (χ2v) is 6.61. The molecule has 0 aliphatic heterocycles. The molecule has 1 saturated carbocycles. The van der Waals surface area contributed by atoms with Gasteiger partial charge in [-0.05, 0) is 29.9 Å². The number of methoxy groups -OCH3 is 1. The second-order valence-electron chi connectivity index (χ2n) is 6.61. The van der Waals surface area contributed by atoms with E-state index in [-0.39, 0.29) is 16.7 Å². The van der Waals surface area contributed by atoms with Gasteiger partial charge in [0.15, 0.2) is 0 Å². The number of aryl methyl sites for hydroxylation is 1. The van der Waals surface area contributed by atoms with Crippen LogP contribution in [0.3, 0.4) is 0 Å². The van der Waals surface area contributed by atoms with Crippen molar-refractivity contribution in [2.45, 2.75) is 40.7 Å². The van der Waals surface area contributed by atoms with Crippen LogP contribution < -0.4 is 4.74 Å². The average molecular weight is 248 g/mol. The highest BCUT2D eigenvalue weighted by atomic mass is 16.5. The SMILES string of the molecule is COc1ccc(C)cc1C(O)C1C(C)(C)C1(C)C. The van der Waals surface area contributed by atoms with Gasteiger partial charge in [0, 0.05) is 11.5 Å². The lowest BCUT2D eigenvalue weighted by Gasteiger charge is -2.17. The van der Waals surface area contributed by atoms with Gasteiger partial charge in [-0.2, -0.15) is 0 Å². The molecule has 2 rings (SSSR count). The maximum absolute atomic E-state index is 10.7. The molecule has 1 unspecified atom stereocenters. The van der Waals surface area contributed by atoms with Crippen LogP contribution in [0.1, 0.15) is 44.9 Å². The van der Waals surface area contributed by atoms with Crippen LogP contribution in [0.15, 0.2) is 18.2 Å². The number of rotatable bonds is 3. The van der Waals surface area contributed by atoms with E-state index < -0.39 is 6.10 Å². The molecule has 0 radical (unpaired) electrons. The van der Waals surface area contributed by atoms with Crippen LogP contribution in [-0.2, 0) is 0 Å². The van der Waals surface area contributed by atoms with Crippen molar-refractivity contribution in [2.75, 3.05) is 7.11 Å². The summed E-state index contributed by atoms with van der Waals surface area (Å²) in [5.41, 5.74) is 2.41.